The van der Waals surface area contributed by atoms with Crippen LogP contribution >= 0.6 is 0 Å². The van der Waals surface area contributed by atoms with Crippen LogP contribution in [0.2, 0.25) is 0 Å². The van der Waals surface area contributed by atoms with E-state index >= 15 is 0 Å². The smallest absolute Gasteiger partial charge is 0.341 e. The molecule has 1 N–H and O–H groups in total. The summed E-state index contributed by atoms with van der Waals surface area (Å²) in [5.41, 5.74) is 0.548. The molecule has 1 aromatic rings. The fourth-order valence-electron chi connectivity index (χ4n) is 2.59. The zero-order valence-corrected chi connectivity index (χ0v) is 12.2. The van der Waals surface area contributed by atoms with Crippen LogP contribution in [0, 0.1) is 5.92 Å². The first-order chi connectivity index (χ1) is 10.1. The van der Waals surface area contributed by atoms with Crippen LogP contribution in [0.5, 0.6) is 5.75 Å². The van der Waals surface area contributed by atoms with Crippen LogP contribution in [0.3, 0.4) is 0 Å². The number of amides is 1. The van der Waals surface area contributed by atoms with E-state index in [1.807, 2.05) is 4.90 Å². The minimum absolute atomic E-state index is 0.00970. The van der Waals surface area contributed by atoms with Crippen molar-refractivity contribution in [3.05, 3.63) is 29.8 Å². The predicted molar refractivity (Wildman–Crippen MR) is 78.5 cm³/mol. The maximum Gasteiger partial charge on any atom is 0.341 e. The van der Waals surface area contributed by atoms with Crippen molar-refractivity contribution in [1.29, 1.82) is 0 Å². The number of hydrogen-bond donors (Lipinski definition) is 1. The number of rotatable bonds is 4. The summed E-state index contributed by atoms with van der Waals surface area (Å²) in [5, 5.41) is 8.62. The lowest BCUT2D eigenvalue weighted by molar-refractivity contribution is -0.139. The highest BCUT2D eigenvalue weighted by molar-refractivity contribution is 5.94. The molecule has 1 fully saturated rings. The number of carbonyl (C=O) groups is 2. The Hall–Kier alpha value is -2.04. The van der Waals surface area contributed by atoms with Crippen molar-refractivity contribution >= 4 is 11.9 Å². The molecule has 1 aliphatic heterocycles. The first-order valence-electron chi connectivity index (χ1n) is 7.30. The molecule has 1 aromatic carbocycles. The molecule has 1 atom stereocenters. The molecule has 0 aromatic heterocycles. The van der Waals surface area contributed by atoms with E-state index < -0.39 is 12.6 Å². The van der Waals surface area contributed by atoms with E-state index in [2.05, 4.69) is 6.92 Å². The maximum absolute atomic E-state index is 12.5. The molecule has 114 valence electrons. The quantitative estimate of drug-likeness (QED) is 0.925. The minimum Gasteiger partial charge on any atom is -0.482 e. The second kappa shape index (κ2) is 7.11. The average molecular weight is 291 g/mol. The average Bonchev–Trinajstić information content (AvgIpc) is 2.69. The van der Waals surface area contributed by atoms with Gasteiger partial charge in [-0.15, -0.1) is 0 Å². The normalized spacial score (nSPS) is 18.9. The molecular weight excluding hydrogens is 270 g/mol. The van der Waals surface area contributed by atoms with Gasteiger partial charge < -0.3 is 14.7 Å². The zero-order chi connectivity index (χ0) is 15.2. The van der Waals surface area contributed by atoms with Crippen molar-refractivity contribution < 1.29 is 19.4 Å². The van der Waals surface area contributed by atoms with Gasteiger partial charge in [0.15, 0.2) is 6.61 Å². The number of carboxylic acids is 1. The molecule has 2 rings (SSSR count). The molecule has 1 aliphatic rings. The summed E-state index contributed by atoms with van der Waals surface area (Å²) in [6, 6.07) is 6.72. The van der Waals surface area contributed by atoms with Gasteiger partial charge in [0, 0.05) is 18.7 Å². The molecular formula is C16H21NO4. The largest absolute Gasteiger partial charge is 0.482 e. The highest BCUT2D eigenvalue weighted by atomic mass is 16.5. The summed E-state index contributed by atoms with van der Waals surface area (Å²) < 4.78 is 5.12. The van der Waals surface area contributed by atoms with Crippen LogP contribution in [-0.2, 0) is 4.79 Å². The van der Waals surface area contributed by atoms with Crippen LogP contribution in [-0.4, -0.2) is 41.6 Å². The Morgan fingerprint density at radius 2 is 2.19 bits per heavy atom. The lowest BCUT2D eigenvalue weighted by Crippen LogP contribution is -2.34. The van der Waals surface area contributed by atoms with Crippen LogP contribution in [0.25, 0.3) is 0 Å². The SMILES string of the molecule is CC1CCCCN(C(=O)c2cccc(OCC(=O)O)c2)C1. The second-order valence-corrected chi connectivity index (χ2v) is 5.56. The standard InChI is InChI=1S/C16H21NO4/c1-12-5-2-3-8-17(10-12)16(20)13-6-4-7-14(9-13)21-11-15(18)19/h4,6-7,9,12H,2-3,5,8,10-11H2,1H3,(H,18,19). The topological polar surface area (TPSA) is 66.8 Å². The lowest BCUT2D eigenvalue weighted by Gasteiger charge is -2.23. The molecule has 1 amide bonds. The molecule has 0 bridgehead atoms. The monoisotopic (exact) mass is 291 g/mol. The van der Waals surface area contributed by atoms with E-state index in [1.54, 1.807) is 24.3 Å². The number of likely N-dealkylation sites (tertiary alicyclic amines) is 1. The third kappa shape index (κ3) is 4.48. The number of carboxylic acid groups (broad SMARTS) is 1. The fourth-order valence-corrected chi connectivity index (χ4v) is 2.59. The molecule has 1 unspecified atom stereocenters. The van der Waals surface area contributed by atoms with Crippen molar-refractivity contribution in [1.82, 2.24) is 4.90 Å². The van der Waals surface area contributed by atoms with Crippen LogP contribution in [0.4, 0.5) is 0 Å². The van der Waals surface area contributed by atoms with Crippen molar-refractivity contribution in [2.75, 3.05) is 19.7 Å². The van der Waals surface area contributed by atoms with Gasteiger partial charge in [0.1, 0.15) is 5.75 Å². The van der Waals surface area contributed by atoms with Crippen molar-refractivity contribution in [2.24, 2.45) is 5.92 Å². The van der Waals surface area contributed by atoms with E-state index in [0.29, 0.717) is 17.2 Å². The van der Waals surface area contributed by atoms with Gasteiger partial charge >= 0.3 is 5.97 Å². The van der Waals surface area contributed by atoms with E-state index in [0.717, 1.165) is 32.4 Å². The Morgan fingerprint density at radius 1 is 1.38 bits per heavy atom. The number of hydrogen-bond acceptors (Lipinski definition) is 3. The summed E-state index contributed by atoms with van der Waals surface area (Å²) in [6.45, 7) is 3.32. The third-order valence-electron chi connectivity index (χ3n) is 3.64. The van der Waals surface area contributed by atoms with Gasteiger partial charge in [-0.05, 0) is 37.0 Å². The number of benzene rings is 1. The molecule has 0 aliphatic carbocycles. The second-order valence-electron chi connectivity index (χ2n) is 5.56. The van der Waals surface area contributed by atoms with Crippen molar-refractivity contribution in [3.8, 4) is 5.75 Å². The van der Waals surface area contributed by atoms with Gasteiger partial charge in [0.25, 0.3) is 5.91 Å². The van der Waals surface area contributed by atoms with Gasteiger partial charge in [0.05, 0.1) is 0 Å². The van der Waals surface area contributed by atoms with Gasteiger partial charge in [-0.25, -0.2) is 4.79 Å². The van der Waals surface area contributed by atoms with Gasteiger partial charge in [-0.2, -0.15) is 0 Å². The summed E-state index contributed by atoms with van der Waals surface area (Å²) in [7, 11) is 0. The van der Waals surface area contributed by atoms with Crippen LogP contribution in [0.15, 0.2) is 24.3 Å². The summed E-state index contributed by atoms with van der Waals surface area (Å²) in [6.07, 6.45) is 3.35. The Labute approximate surface area is 124 Å². The third-order valence-corrected chi connectivity index (χ3v) is 3.64. The zero-order valence-electron chi connectivity index (χ0n) is 12.2. The Bertz CT molecular complexity index is 515. The van der Waals surface area contributed by atoms with E-state index in [4.69, 9.17) is 9.84 Å². The summed E-state index contributed by atoms with van der Waals surface area (Å²) in [4.78, 5) is 24.9. The van der Waals surface area contributed by atoms with Gasteiger partial charge in [-0.3, -0.25) is 4.79 Å². The number of nitrogens with zero attached hydrogens (tertiary/aromatic N) is 1. The summed E-state index contributed by atoms with van der Waals surface area (Å²) >= 11 is 0. The lowest BCUT2D eigenvalue weighted by atomic mass is 10.1. The first kappa shape index (κ1) is 15.4. The van der Waals surface area contributed by atoms with E-state index in [-0.39, 0.29) is 5.91 Å². The molecule has 5 nitrogen and oxygen atoms in total. The first-order valence-corrected chi connectivity index (χ1v) is 7.30. The predicted octanol–water partition coefficient (Wildman–Crippen LogP) is 2.41. The highest BCUT2D eigenvalue weighted by Crippen LogP contribution is 2.20. The molecule has 0 saturated carbocycles. The molecule has 5 heteroatoms. The molecule has 0 radical (unpaired) electrons. The number of ether oxygens (including phenoxy) is 1. The van der Waals surface area contributed by atoms with Crippen LogP contribution < -0.4 is 4.74 Å². The molecule has 1 saturated heterocycles. The van der Waals surface area contributed by atoms with Gasteiger partial charge in [0.2, 0.25) is 0 Å². The van der Waals surface area contributed by atoms with Gasteiger partial charge in [-0.1, -0.05) is 19.4 Å². The van der Waals surface area contributed by atoms with Crippen molar-refractivity contribution in [2.45, 2.75) is 26.2 Å². The Balaban J connectivity index is 2.07. The Morgan fingerprint density at radius 3 is 2.95 bits per heavy atom. The minimum atomic E-state index is -1.03. The Kier molecular flexibility index (Phi) is 5.20. The summed E-state index contributed by atoms with van der Waals surface area (Å²) in [5.74, 6) is -0.119. The fraction of sp³-hybridized carbons (Fsp3) is 0.500. The molecule has 0 spiro atoms. The molecule has 1 heterocycles. The van der Waals surface area contributed by atoms with E-state index in [9.17, 15) is 9.59 Å². The highest BCUT2D eigenvalue weighted by Gasteiger charge is 2.20. The maximum atomic E-state index is 12.5. The molecule has 21 heavy (non-hydrogen) atoms. The van der Waals surface area contributed by atoms with Crippen molar-refractivity contribution in [3.63, 3.8) is 0 Å². The van der Waals surface area contributed by atoms with E-state index in [1.165, 1.54) is 0 Å². The number of carbonyl (C=O) groups excluding carboxylic acids is 1. The van der Waals surface area contributed by atoms with Crippen LogP contribution in [0.1, 0.15) is 36.5 Å². The number of aliphatic carboxylic acids is 1.